The molecule has 0 radical (unpaired) electrons. The summed E-state index contributed by atoms with van der Waals surface area (Å²) < 4.78 is 32.5. The Morgan fingerprint density at radius 1 is 1.33 bits per heavy atom. The number of hydrazine groups is 1. The third-order valence-electron chi connectivity index (χ3n) is 0.399. The standard InChI is InChI=1S/C3H3F3O.H4N2/c1-2(7)3(4,5)6;1-2/h1H3;1-2H2. The average molecular weight is 144 g/mol. The van der Waals surface area contributed by atoms with E-state index in [4.69, 9.17) is 0 Å². The van der Waals surface area contributed by atoms with E-state index < -0.39 is 12.0 Å². The second-order valence-corrected chi connectivity index (χ2v) is 1.05. The van der Waals surface area contributed by atoms with E-state index in [1.807, 2.05) is 0 Å². The van der Waals surface area contributed by atoms with Gasteiger partial charge >= 0.3 is 6.18 Å². The van der Waals surface area contributed by atoms with Gasteiger partial charge in [0.25, 0.3) is 0 Å². The molecule has 0 atom stereocenters. The molecule has 9 heavy (non-hydrogen) atoms. The van der Waals surface area contributed by atoms with E-state index in [1.54, 1.807) is 0 Å². The first-order valence-corrected chi connectivity index (χ1v) is 1.85. The van der Waals surface area contributed by atoms with Gasteiger partial charge in [0.2, 0.25) is 5.78 Å². The van der Waals surface area contributed by atoms with Crippen LogP contribution in [0.3, 0.4) is 0 Å². The van der Waals surface area contributed by atoms with Crippen LogP contribution in [-0.4, -0.2) is 12.0 Å². The van der Waals surface area contributed by atoms with Crippen molar-refractivity contribution in [2.75, 3.05) is 0 Å². The van der Waals surface area contributed by atoms with Crippen molar-refractivity contribution >= 4 is 5.78 Å². The monoisotopic (exact) mass is 144 g/mol. The van der Waals surface area contributed by atoms with E-state index in [-0.39, 0.29) is 0 Å². The molecule has 0 aliphatic rings. The number of nitrogens with two attached hydrogens (primary N) is 2. The zero-order valence-electron chi connectivity index (χ0n) is 4.70. The Hall–Kier alpha value is -0.620. The van der Waals surface area contributed by atoms with Crippen molar-refractivity contribution in [3.8, 4) is 0 Å². The summed E-state index contributed by atoms with van der Waals surface area (Å²) in [4.78, 5) is 9.34. The molecular formula is C3H7F3N2O. The van der Waals surface area contributed by atoms with Crippen molar-refractivity contribution in [2.24, 2.45) is 11.7 Å². The molecule has 0 unspecified atom stereocenters. The second-order valence-electron chi connectivity index (χ2n) is 1.05. The summed E-state index contributed by atoms with van der Waals surface area (Å²) in [6, 6.07) is 0. The van der Waals surface area contributed by atoms with Gasteiger partial charge in [-0.1, -0.05) is 0 Å². The van der Waals surface area contributed by atoms with Crippen molar-refractivity contribution in [3.63, 3.8) is 0 Å². The fourth-order valence-corrected chi connectivity index (χ4v) is 0. The van der Waals surface area contributed by atoms with E-state index >= 15 is 0 Å². The average Bonchev–Trinajstić information content (AvgIpc) is 1.69. The maximum absolute atomic E-state index is 10.8. The van der Waals surface area contributed by atoms with Gasteiger partial charge in [-0.3, -0.25) is 16.5 Å². The molecular weight excluding hydrogens is 137 g/mol. The van der Waals surface area contributed by atoms with Crippen LogP contribution in [0.1, 0.15) is 6.92 Å². The van der Waals surface area contributed by atoms with Crippen molar-refractivity contribution in [1.82, 2.24) is 0 Å². The number of rotatable bonds is 0. The number of carbonyl (C=O) groups is 1. The van der Waals surface area contributed by atoms with Gasteiger partial charge in [0.1, 0.15) is 0 Å². The van der Waals surface area contributed by atoms with Gasteiger partial charge in [0.15, 0.2) is 0 Å². The SMILES string of the molecule is CC(=O)C(F)(F)F.NN. The lowest BCUT2D eigenvalue weighted by atomic mass is 10.5. The van der Waals surface area contributed by atoms with Crippen molar-refractivity contribution in [1.29, 1.82) is 0 Å². The smallest absolute Gasteiger partial charge is 0.290 e. The van der Waals surface area contributed by atoms with E-state index in [9.17, 15) is 18.0 Å². The zero-order chi connectivity index (χ0) is 8.08. The Bertz CT molecular complexity index is 89.5. The Balaban J connectivity index is 0. The summed E-state index contributed by atoms with van der Waals surface area (Å²) in [5.41, 5.74) is 0. The van der Waals surface area contributed by atoms with E-state index in [0.717, 1.165) is 0 Å². The van der Waals surface area contributed by atoms with Crippen LogP contribution >= 0.6 is 0 Å². The first-order chi connectivity index (χ1) is 3.94. The first-order valence-electron chi connectivity index (χ1n) is 1.85. The van der Waals surface area contributed by atoms with Crippen LogP contribution in [0.2, 0.25) is 0 Å². The highest BCUT2D eigenvalue weighted by molar-refractivity contribution is 5.81. The van der Waals surface area contributed by atoms with Crippen LogP contribution in [0.5, 0.6) is 0 Å². The number of ketones is 1. The highest BCUT2D eigenvalue weighted by Crippen LogP contribution is 2.14. The maximum Gasteiger partial charge on any atom is 0.449 e. The molecule has 0 spiro atoms. The third kappa shape index (κ3) is 7.38. The highest BCUT2D eigenvalue weighted by Gasteiger charge is 2.33. The normalized spacial score (nSPS) is 9.56. The third-order valence-corrected chi connectivity index (χ3v) is 0.399. The highest BCUT2D eigenvalue weighted by atomic mass is 19.4. The molecule has 0 rings (SSSR count). The zero-order valence-corrected chi connectivity index (χ0v) is 4.70. The van der Waals surface area contributed by atoms with Crippen LogP contribution in [-0.2, 0) is 4.79 Å². The lowest BCUT2D eigenvalue weighted by molar-refractivity contribution is -0.168. The summed E-state index contributed by atoms with van der Waals surface area (Å²) in [5, 5.41) is 0. The predicted octanol–water partition coefficient (Wildman–Crippen LogP) is -0.0435. The minimum Gasteiger partial charge on any atom is -0.290 e. The van der Waals surface area contributed by atoms with E-state index in [2.05, 4.69) is 11.7 Å². The largest absolute Gasteiger partial charge is 0.449 e. The van der Waals surface area contributed by atoms with Gasteiger partial charge in [-0.25, -0.2) is 0 Å². The number of halogens is 3. The van der Waals surface area contributed by atoms with Crippen LogP contribution in [0.15, 0.2) is 0 Å². The molecule has 3 nitrogen and oxygen atoms in total. The topological polar surface area (TPSA) is 69.1 Å². The molecule has 0 aromatic heterocycles. The number of Topliss-reactive ketones (excluding diaryl/α,β-unsaturated/α-hetero) is 1. The fraction of sp³-hybridized carbons (Fsp3) is 0.667. The quantitative estimate of drug-likeness (QED) is 0.370. The molecule has 0 aliphatic carbocycles. The van der Waals surface area contributed by atoms with Gasteiger partial charge < -0.3 is 0 Å². The van der Waals surface area contributed by atoms with Crippen molar-refractivity contribution in [3.05, 3.63) is 0 Å². The van der Waals surface area contributed by atoms with Gasteiger partial charge in [-0.2, -0.15) is 13.2 Å². The van der Waals surface area contributed by atoms with Crippen LogP contribution in [0, 0.1) is 0 Å². The molecule has 0 amide bonds. The summed E-state index contributed by atoms with van der Waals surface area (Å²) in [6.45, 7) is 0.486. The van der Waals surface area contributed by atoms with Gasteiger partial charge in [-0.15, -0.1) is 0 Å². The first kappa shape index (κ1) is 11.2. The van der Waals surface area contributed by atoms with Gasteiger partial charge in [-0.05, 0) is 0 Å². The molecule has 4 N–H and O–H groups in total. The Morgan fingerprint density at radius 2 is 1.44 bits per heavy atom. The second kappa shape index (κ2) is 4.28. The van der Waals surface area contributed by atoms with Gasteiger partial charge in [0, 0.05) is 6.92 Å². The number of carbonyl (C=O) groups excluding carboxylic acids is 1. The Labute approximate surface area is 49.8 Å². The van der Waals surface area contributed by atoms with Crippen LogP contribution < -0.4 is 11.7 Å². The van der Waals surface area contributed by atoms with Gasteiger partial charge in [0.05, 0.1) is 0 Å². The number of hydrogen-bond donors (Lipinski definition) is 2. The Kier molecular flexibility index (Phi) is 5.33. The molecule has 0 aliphatic heterocycles. The summed E-state index contributed by atoms with van der Waals surface area (Å²) >= 11 is 0. The summed E-state index contributed by atoms with van der Waals surface area (Å²) in [7, 11) is 0. The van der Waals surface area contributed by atoms with Crippen LogP contribution in [0.25, 0.3) is 0 Å². The van der Waals surface area contributed by atoms with Crippen molar-refractivity contribution in [2.45, 2.75) is 13.1 Å². The molecule has 0 aromatic rings. The molecule has 0 saturated carbocycles. The predicted molar refractivity (Wildman–Crippen MR) is 25.1 cm³/mol. The maximum atomic E-state index is 10.8. The molecule has 0 aromatic carbocycles. The molecule has 0 saturated heterocycles. The van der Waals surface area contributed by atoms with E-state index in [1.165, 1.54) is 0 Å². The molecule has 6 heteroatoms. The Morgan fingerprint density at radius 3 is 1.44 bits per heavy atom. The molecule has 0 fully saturated rings. The minimum atomic E-state index is -4.64. The van der Waals surface area contributed by atoms with E-state index in [0.29, 0.717) is 6.92 Å². The summed E-state index contributed by atoms with van der Waals surface area (Å²) in [5.74, 6) is 6.24. The molecule has 0 heterocycles. The lowest BCUT2D eigenvalue weighted by Gasteiger charge is -1.95. The summed E-state index contributed by atoms with van der Waals surface area (Å²) in [6.07, 6.45) is -4.64. The lowest BCUT2D eigenvalue weighted by Crippen LogP contribution is -2.18. The minimum absolute atomic E-state index is 0.486. The molecule has 0 bridgehead atoms. The number of hydrogen-bond acceptors (Lipinski definition) is 3. The molecule has 56 valence electrons. The van der Waals surface area contributed by atoms with Crippen molar-refractivity contribution < 1.29 is 18.0 Å². The van der Waals surface area contributed by atoms with Crippen LogP contribution in [0.4, 0.5) is 13.2 Å². The number of alkyl halides is 3. The fourth-order valence-electron chi connectivity index (χ4n) is 0.